The Labute approximate surface area is 281 Å². The average molecular weight is 664 g/mol. The van der Waals surface area contributed by atoms with Crippen molar-refractivity contribution in [2.75, 3.05) is 6.54 Å². The van der Waals surface area contributed by atoms with Crippen molar-refractivity contribution < 1.29 is 34.2 Å². The van der Waals surface area contributed by atoms with Crippen molar-refractivity contribution >= 4 is 29.5 Å². The number of carbonyl (C=O) groups is 5. The standard InChI is InChI=1S/C34H57N5O7.CH4/c1-9-13-25(36-34(46)31(22(8)10-2)39-28(42)18-23-14-12-15-24(40)17-23)32(44)37-26(16-20(4)5)27(41)19-29(43)38-30(21(6)7)33(45)35-11-3;/h12,14-15,17,20-22,25-27,30-31,40-41H,9-11,13,16,18-19H2,1-8H3,(H,35,45)(H,36,46)(H,37,44)(H,38,43)(H,39,42);1H4/t22-,25-,26-,27-,30-,31-;/m0./s1. The largest absolute Gasteiger partial charge is 0.508 e. The molecule has 0 fully saturated rings. The molecule has 12 heteroatoms. The summed E-state index contributed by atoms with van der Waals surface area (Å²) in [7, 11) is 0. The van der Waals surface area contributed by atoms with Gasteiger partial charge in [-0.3, -0.25) is 24.0 Å². The minimum absolute atomic E-state index is 0. The maximum Gasteiger partial charge on any atom is 0.243 e. The van der Waals surface area contributed by atoms with E-state index in [1.54, 1.807) is 19.1 Å². The van der Waals surface area contributed by atoms with Crippen LogP contribution in [0.3, 0.4) is 0 Å². The normalized spacial score (nSPS) is 14.9. The van der Waals surface area contributed by atoms with Gasteiger partial charge in [0.25, 0.3) is 0 Å². The molecule has 7 N–H and O–H groups in total. The highest BCUT2D eigenvalue weighted by atomic mass is 16.3. The van der Waals surface area contributed by atoms with E-state index < -0.39 is 53.9 Å². The summed E-state index contributed by atoms with van der Waals surface area (Å²) in [5.41, 5.74) is 0.594. The number of phenols is 1. The van der Waals surface area contributed by atoms with E-state index in [2.05, 4.69) is 26.6 Å². The minimum atomic E-state index is -1.24. The molecule has 47 heavy (non-hydrogen) atoms. The van der Waals surface area contributed by atoms with E-state index >= 15 is 0 Å². The van der Waals surface area contributed by atoms with E-state index in [1.807, 2.05) is 48.5 Å². The number of phenolic OH excluding ortho intramolecular Hbond substituents is 1. The molecule has 0 aliphatic rings. The van der Waals surface area contributed by atoms with E-state index in [9.17, 15) is 34.2 Å². The molecule has 0 heterocycles. The van der Waals surface area contributed by atoms with Crippen molar-refractivity contribution in [1.29, 1.82) is 0 Å². The van der Waals surface area contributed by atoms with Crippen molar-refractivity contribution in [1.82, 2.24) is 26.6 Å². The lowest BCUT2D eigenvalue weighted by Crippen LogP contribution is -2.58. The third-order valence-corrected chi connectivity index (χ3v) is 7.83. The molecule has 268 valence electrons. The fourth-order valence-electron chi connectivity index (χ4n) is 5.08. The highest BCUT2D eigenvalue weighted by molar-refractivity contribution is 5.93. The molecule has 0 aromatic heterocycles. The van der Waals surface area contributed by atoms with Gasteiger partial charge in [-0.1, -0.05) is 80.9 Å². The molecule has 0 aliphatic heterocycles. The van der Waals surface area contributed by atoms with Gasteiger partial charge in [0.1, 0.15) is 23.9 Å². The van der Waals surface area contributed by atoms with Crippen LogP contribution in [0.1, 0.15) is 100 Å². The van der Waals surface area contributed by atoms with Crippen LogP contribution in [-0.4, -0.2) is 76.6 Å². The first-order valence-corrected chi connectivity index (χ1v) is 16.6. The van der Waals surface area contributed by atoms with E-state index in [-0.39, 0.29) is 49.7 Å². The van der Waals surface area contributed by atoms with Gasteiger partial charge in [0.15, 0.2) is 0 Å². The summed E-state index contributed by atoms with van der Waals surface area (Å²) in [6, 6.07) is 2.94. The molecule has 0 saturated carbocycles. The summed E-state index contributed by atoms with van der Waals surface area (Å²) >= 11 is 0. The summed E-state index contributed by atoms with van der Waals surface area (Å²) in [4.78, 5) is 65.1. The maximum absolute atomic E-state index is 13.5. The van der Waals surface area contributed by atoms with Gasteiger partial charge >= 0.3 is 0 Å². The van der Waals surface area contributed by atoms with Gasteiger partial charge in [-0.25, -0.2) is 0 Å². The first-order valence-electron chi connectivity index (χ1n) is 16.6. The van der Waals surface area contributed by atoms with Gasteiger partial charge in [0.2, 0.25) is 29.5 Å². The predicted octanol–water partition coefficient (Wildman–Crippen LogP) is 2.95. The summed E-state index contributed by atoms with van der Waals surface area (Å²) in [6.45, 7) is 15.3. The van der Waals surface area contributed by atoms with Gasteiger partial charge in [-0.2, -0.15) is 0 Å². The van der Waals surface area contributed by atoms with Crippen LogP contribution in [0, 0.1) is 17.8 Å². The van der Waals surface area contributed by atoms with Gasteiger partial charge < -0.3 is 36.8 Å². The van der Waals surface area contributed by atoms with Crippen LogP contribution in [0.5, 0.6) is 5.75 Å². The van der Waals surface area contributed by atoms with Crippen LogP contribution in [0.15, 0.2) is 24.3 Å². The number of hydrogen-bond acceptors (Lipinski definition) is 7. The summed E-state index contributed by atoms with van der Waals surface area (Å²) in [6.07, 6.45) is 0.261. The maximum atomic E-state index is 13.5. The van der Waals surface area contributed by atoms with Crippen LogP contribution < -0.4 is 26.6 Å². The molecule has 5 amide bonds. The second-order valence-electron chi connectivity index (χ2n) is 12.8. The Morgan fingerprint density at radius 3 is 1.98 bits per heavy atom. The summed E-state index contributed by atoms with van der Waals surface area (Å²) in [5, 5.41) is 34.6. The second-order valence-corrected chi connectivity index (χ2v) is 12.8. The SMILES string of the molecule is C.CCC[C@H](NC(=O)[C@@H](NC(=O)Cc1cccc(O)c1)[C@@H](C)CC)C(=O)N[C@@H](CC(C)C)[C@@H](O)CC(=O)N[C@H](C(=O)NCC)C(C)C. The molecule has 1 aromatic rings. The number of likely N-dealkylation sites (N-methyl/N-ethyl adjacent to an activating group) is 1. The van der Waals surface area contributed by atoms with Crippen LogP contribution in [0.25, 0.3) is 0 Å². The Kier molecular flexibility index (Phi) is 20.3. The molecule has 1 rings (SSSR count). The number of aliphatic hydroxyl groups is 1. The van der Waals surface area contributed by atoms with E-state index in [1.165, 1.54) is 12.1 Å². The van der Waals surface area contributed by atoms with Crippen molar-refractivity contribution in [3.05, 3.63) is 29.8 Å². The number of aliphatic hydroxyl groups excluding tert-OH is 1. The molecular formula is C35H61N5O7. The third-order valence-electron chi connectivity index (χ3n) is 7.83. The number of carbonyl (C=O) groups excluding carboxylic acids is 5. The number of nitrogens with one attached hydrogen (secondary N) is 5. The van der Waals surface area contributed by atoms with E-state index in [0.717, 1.165) is 0 Å². The fraction of sp³-hybridized carbons (Fsp3) is 0.686. The summed E-state index contributed by atoms with van der Waals surface area (Å²) < 4.78 is 0. The van der Waals surface area contributed by atoms with Crippen LogP contribution >= 0.6 is 0 Å². The molecule has 0 unspecified atom stereocenters. The molecule has 6 atom stereocenters. The monoisotopic (exact) mass is 663 g/mol. The van der Waals surface area contributed by atoms with Crippen molar-refractivity contribution in [3.8, 4) is 5.75 Å². The highest BCUT2D eigenvalue weighted by Gasteiger charge is 2.33. The van der Waals surface area contributed by atoms with Crippen molar-refractivity contribution in [2.24, 2.45) is 17.8 Å². The fourth-order valence-corrected chi connectivity index (χ4v) is 5.08. The van der Waals surface area contributed by atoms with E-state index in [4.69, 9.17) is 0 Å². The lowest BCUT2D eigenvalue weighted by molar-refractivity contribution is -0.134. The van der Waals surface area contributed by atoms with E-state index in [0.29, 0.717) is 37.8 Å². The predicted molar refractivity (Wildman–Crippen MR) is 184 cm³/mol. The zero-order chi connectivity index (χ0) is 35.0. The quantitative estimate of drug-likeness (QED) is 0.112. The third kappa shape index (κ3) is 15.6. The lowest BCUT2D eigenvalue weighted by atomic mass is 9.95. The van der Waals surface area contributed by atoms with Gasteiger partial charge in [0.05, 0.1) is 25.0 Å². The number of hydrogen-bond donors (Lipinski definition) is 7. The van der Waals surface area contributed by atoms with Gasteiger partial charge in [-0.15, -0.1) is 0 Å². The van der Waals surface area contributed by atoms with Crippen LogP contribution in [0.4, 0.5) is 0 Å². The molecular weight excluding hydrogens is 602 g/mol. The molecule has 0 saturated heterocycles. The molecule has 0 bridgehead atoms. The Morgan fingerprint density at radius 2 is 1.45 bits per heavy atom. The number of benzene rings is 1. The number of amides is 5. The number of aromatic hydroxyl groups is 1. The molecule has 0 radical (unpaired) electrons. The van der Waals surface area contributed by atoms with Crippen LogP contribution in [0.2, 0.25) is 0 Å². The second kappa shape index (κ2) is 22.0. The first-order chi connectivity index (χ1) is 21.6. The Morgan fingerprint density at radius 1 is 0.809 bits per heavy atom. The van der Waals surface area contributed by atoms with Crippen molar-refractivity contribution in [2.45, 2.75) is 132 Å². The molecule has 0 spiro atoms. The molecule has 12 nitrogen and oxygen atoms in total. The van der Waals surface area contributed by atoms with Gasteiger partial charge in [-0.05, 0) is 55.2 Å². The average Bonchev–Trinajstić information content (AvgIpc) is 2.97. The Balaban J connectivity index is 0.0000212. The Hall–Kier alpha value is -3.67. The van der Waals surface area contributed by atoms with Crippen molar-refractivity contribution in [3.63, 3.8) is 0 Å². The molecule has 0 aliphatic carbocycles. The van der Waals surface area contributed by atoms with Crippen LogP contribution in [-0.2, 0) is 30.4 Å². The highest BCUT2D eigenvalue weighted by Crippen LogP contribution is 2.15. The minimum Gasteiger partial charge on any atom is -0.508 e. The Bertz CT molecular complexity index is 1140. The zero-order valence-electron chi connectivity index (χ0n) is 28.8. The molecule has 1 aromatic carbocycles. The zero-order valence-corrected chi connectivity index (χ0v) is 28.8. The summed E-state index contributed by atoms with van der Waals surface area (Å²) in [5.74, 6) is -2.53. The van der Waals surface area contributed by atoms with Gasteiger partial charge in [0, 0.05) is 6.54 Å². The number of rotatable bonds is 20. The first kappa shape index (κ1) is 43.3. The topological polar surface area (TPSA) is 186 Å². The lowest BCUT2D eigenvalue weighted by Gasteiger charge is -2.30. The smallest absolute Gasteiger partial charge is 0.243 e.